The number of hydrogen-bond acceptors (Lipinski definition) is 4. The Balaban J connectivity index is 2.20. The number of pyridine rings is 2. The van der Waals surface area contributed by atoms with Gasteiger partial charge in [-0.2, -0.15) is 0 Å². The fourth-order valence-electron chi connectivity index (χ4n) is 1.95. The molecule has 2 aromatic rings. The zero-order valence-electron chi connectivity index (χ0n) is 11.6. The van der Waals surface area contributed by atoms with Crippen LogP contribution in [-0.4, -0.2) is 32.4 Å². The second-order valence-corrected chi connectivity index (χ2v) is 4.48. The highest BCUT2D eigenvalue weighted by Crippen LogP contribution is 2.17. The van der Waals surface area contributed by atoms with E-state index in [1.54, 1.807) is 4.90 Å². The number of aryl methyl sites for hydroxylation is 1. The summed E-state index contributed by atoms with van der Waals surface area (Å²) in [7, 11) is 0. The molecule has 0 bridgehead atoms. The Kier molecular flexibility index (Phi) is 4.30. The molecule has 5 nitrogen and oxygen atoms in total. The predicted molar refractivity (Wildman–Crippen MR) is 75.3 cm³/mol. The number of rotatable bonds is 4. The first-order valence-electron chi connectivity index (χ1n) is 6.46. The summed E-state index contributed by atoms with van der Waals surface area (Å²) in [5, 5.41) is 9.71. The van der Waals surface area contributed by atoms with Crippen LogP contribution in [0.3, 0.4) is 0 Å². The minimum absolute atomic E-state index is 0.104. The van der Waals surface area contributed by atoms with Gasteiger partial charge in [0, 0.05) is 18.4 Å². The Bertz CT molecular complexity index is 614. The van der Waals surface area contributed by atoms with Crippen molar-refractivity contribution < 1.29 is 9.90 Å². The van der Waals surface area contributed by atoms with Crippen molar-refractivity contribution in [2.24, 2.45) is 0 Å². The second kappa shape index (κ2) is 6.14. The molecular weight excluding hydrogens is 254 g/mol. The number of aromatic nitrogens is 2. The standard InChI is InChI=1S/C15H17N3O2/c1-3-18(10-12-6-4-5-11(2)17-12)15(20)13-7-8-16-9-14(13)19/h4-9,19H,3,10H2,1-2H3. The molecule has 20 heavy (non-hydrogen) atoms. The average Bonchev–Trinajstić information content (AvgIpc) is 2.44. The van der Waals surface area contributed by atoms with E-state index in [4.69, 9.17) is 0 Å². The van der Waals surface area contributed by atoms with Crippen LogP contribution in [0.2, 0.25) is 0 Å². The van der Waals surface area contributed by atoms with Crippen molar-refractivity contribution in [2.45, 2.75) is 20.4 Å². The van der Waals surface area contributed by atoms with Gasteiger partial charge in [-0.05, 0) is 32.0 Å². The zero-order valence-corrected chi connectivity index (χ0v) is 11.6. The predicted octanol–water partition coefficient (Wildman–Crippen LogP) is 2.15. The SMILES string of the molecule is CCN(Cc1cccc(C)n1)C(=O)c1ccncc1O. The molecule has 5 heteroatoms. The Hall–Kier alpha value is -2.43. The molecule has 0 aliphatic rings. The number of amides is 1. The molecule has 2 rings (SSSR count). The molecule has 104 valence electrons. The van der Waals surface area contributed by atoms with Gasteiger partial charge in [0.1, 0.15) is 5.75 Å². The summed E-state index contributed by atoms with van der Waals surface area (Å²) in [4.78, 5) is 22.2. The van der Waals surface area contributed by atoms with E-state index in [0.29, 0.717) is 13.1 Å². The third-order valence-electron chi connectivity index (χ3n) is 3.00. The Labute approximate surface area is 117 Å². The molecule has 0 aromatic carbocycles. The minimum Gasteiger partial charge on any atom is -0.505 e. The van der Waals surface area contributed by atoms with E-state index in [1.165, 1.54) is 18.5 Å². The van der Waals surface area contributed by atoms with E-state index in [1.807, 2.05) is 32.0 Å². The van der Waals surface area contributed by atoms with Crippen LogP contribution in [-0.2, 0) is 6.54 Å². The van der Waals surface area contributed by atoms with Gasteiger partial charge in [0.25, 0.3) is 5.91 Å². The maximum Gasteiger partial charge on any atom is 0.258 e. The molecular formula is C15H17N3O2. The summed E-state index contributed by atoms with van der Waals surface area (Å²) in [6, 6.07) is 7.23. The number of hydrogen-bond donors (Lipinski definition) is 1. The van der Waals surface area contributed by atoms with E-state index in [0.717, 1.165) is 11.4 Å². The highest BCUT2D eigenvalue weighted by atomic mass is 16.3. The average molecular weight is 271 g/mol. The summed E-state index contributed by atoms with van der Waals surface area (Å²) in [6.07, 6.45) is 2.76. The highest BCUT2D eigenvalue weighted by molar-refractivity contribution is 5.96. The largest absolute Gasteiger partial charge is 0.505 e. The molecule has 0 unspecified atom stereocenters. The van der Waals surface area contributed by atoms with E-state index in [9.17, 15) is 9.90 Å². The van der Waals surface area contributed by atoms with Gasteiger partial charge in [-0.15, -0.1) is 0 Å². The molecule has 0 fully saturated rings. The van der Waals surface area contributed by atoms with Crippen molar-refractivity contribution >= 4 is 5.91 Å². The van der Waals surface area contributed by atoms with Gasteiger partial charge in [0.2, 0.25) is 0 Å². The Morgan fingerprint density at radius 2 is 2.15 bits per heavy atom. The molecule has 0 aliphatic heterocycles. The van der Waals surface area contributed by atoms with Crippen LogP contribution in [0.5, 0.6) is 5.75 Å². The third-order valence-corrected chi connectivity index (χ3v) is 3.00. The lowest BCUT2D eigenvalue weighted by atomic mass is 10.2. The van der Waals surface area contributed by atoms with Crippen LogP contribution < -0.4 is 0 Å². The quantitative estimate of drug-likeness (QED) is 0.925. The van der Waals surface area contributed by atoms with Crippen molar-refractivity contribution in [2.75, 3.05) is 6.54 Å². The molecule has 0 aliphatic carbocycles. The van der Waals surface area contributed by atoms with Gasteiger partial charge in [-0.25, -0.2) is 0 Å². The van der Waals surface area contributed by atoms with E-state index >= 15 is 0 Å². The summed E-state index contributed by atoms with van der Waals surface area (Å²) >= 11 is 0. The number of aromatic hydroxyl groups is 1. The maximum atomic E-state index is 12.4. The van der Waals surface area contributed by atoms with Gasteiger partial charge in [0.05, 0.1) is 24.0 Å². The highest BCUT2D eigenvalue weighted by Gasteiger charge is 2.18. The summed E-state index contributed by atoms with van der Waals surface area (Å²) in [5.41, 5.74) is 2.00. The summed E-state index contributed by atoms with van der Waals surface area (Å²) in [5.74, 6) is -0.330. The third kappa shape index (κ3) is 3.12. The van der Waals surface area contributed by atoms with Gasteiger partial charge in [0.15, 0.2) is 0 Å². The van der Waals surface area contributed by atoms with Gasteiger partial charge >= 0.3 is 0 Å². The fraction of sp³-hybridized carbons (Fsp3) is 0.267. The maximum absolute atomic E-state index is 12.4. The van der Waals surface area contributed by atoms with Crippen LogP contribution in [0.25, 0.3) is 0 Å². The first-order valence-corrected chi connectivity index (χ1v) is 6.46. The minimum atomic E-state index is -0.226. The number of carbonyl (C=O) groups excluding carboxylic acids is 1. The normalized spacial score (nSPS) is 10.3. The number of nitrogens with zero attached hydrogens (tertiary/aromatic N) is 3. The van der Waals surface area contributed by atoms with Crippen LogP contribution in [0.4, 0.5) is 0 Å². The molecule has 0 saturated carbocycles. The topological polar surface area (TPSA) is 66.3 Å². The summed E-state index contributed by atoms with van der Waals surface area (Å²) < 4.78 is 0. The van der Waals surface area contributed by atoms with Crippen molar-refractivity contribution in [1.82, 2.24) is 14.9 Å². The van der Waals surface area contributed by atoms with Gasteiger partial charge < -0.3 is 10.0 Å². The van der Waals surface area contributed by atoms with Crippen molar-refractivity contribution in [3.05, 3.63) is 53.6 Å². The second-order valence-electron chi connectivity index (χ2n) is 4.48. The van der Waals surface area contributed by atoms with Crippen LogP contribution in [0.1, 0.15) is 28.7 Å². The summed E-state index contributed by atoms with van der Waals surface area (Å²) in [6.45, 7) is 4.76. The number of carbonyl (C=O) groups is 1. The first kappa shape index (κ1) is 14.0. The molecule has 0 saturated heterocycles. The zero-order chi connectivity index (χ0) is 14.5. The smallest absolute Gasteiger partial charge is 0.258 e. The fourth-order valence-corrected chi connectivity index (χ4v) is 1.95. The van der Waals surface area contributed by atoms with E-state index in [-0.39, 0.29) is 17.2 Å². The molecule has 1 amide bonds. The first-order chi connectivity index (χ1) is 9.61. The Morgan fingerprint density at radius 3 is 2.80 bits per heavy atom. The molecule has 0 atom stereocenters. The molecule has 1 N–H and O–H groups in total. The Morgan fingerprint density at radius 1 is 1.35 bits per heavy atom. The molecule has 0 spiro atoms. The molecule has 2 heterocycles. The van der Waals surface area contributed by atoms with Gasteiger partial charge in [-0.3, -0.25) is 14.8 Å². The van der Waals surface area contributed by atoms with Crippen LogP contribution in [0.15, 0.2) is 36.7 Å². The van der Waals surface area contributed by atoms with Crippen molar-refractivity contribution in [1.29, 1.82) is 0 Å². The van der Waals surface area contributed by atoms with E-state index in [2.05, 4.69) is 9.97 Å². The van der Waals surface area contributed by atoms with E-state index < -0.39 is 0 Å². The van der Waals surface area contributed by atoms with Gasteiger partial charge in [-0.1, -0.05) is 6.07 Å². The lowest BCUT2D eigenvalue weighted by molar-refractivity contribution is 0.0747. The van der Waals surface area contributed by atoms with Crippen LogP contribution in [0, 0.1) is 6.92 Å². The van der Waals surface area contributed by atoms with Crippen LogP contribution >= 0.6 is 0 Å². The molecule has 0 radical (unpaired) electrons. The lowest BCUT2D eigenvalue weighted by Crippen LogP contribution is -2.30. The molecule has 2 aromatic heterocycles. The lowest BCUT2D eigenvalue weighted by Gasteiger charge is -2.21. The van der Waals surface area contributed by atoms with Crippen molar-refractivity contribution in [3.8, 4) is 5.75 Å². The van der Waals surface area contributed by atoms with Crippen molar-refractivity contribution in [3.63, 3.8) is 0 Å². The monoisotopic (exact) mass is 271 g/mol.